The van der Waals surface area contributed by atoms with Crippen molar-refractivity contribution in [3.05, 3.63) is 89.0 Å². The van der Waals surface area contributed by atoms with E-state index in [0.29, 0.717) is 6.61 Å². The van der Waals surface area contributed by atoms with Crippen LogP contribution in [0.25, 0.3) is 0 Å². The molecule has 3 nitrogen and oxygen atoms in total. The highest BCUT2D eigenvalue weighted by atomic mass is 16.5. The maximum Gasteiger partial charge on any atom is 0.119 e. The lowest BCUT2D eigenvalue weighted by molar-refractivity contribution is 0.0674. The van der Waals surface area contributed by atoms with Crippen LogP contribution in [0.2, 0.25) is 0 Å². The van der Waals surface area contributed by atoms with Crippen LogP contribution >= 0.6 is 0 Å². The Bertz CT molecular complexity index is 823. The lowest BCUT2D eigenvalue weighted by Crippen LogP contribution is -2.16. The van der Waals surface area contributed by atoms with E-state index >= 15 is 0 Å². The molecule has 29 heavy (non-hydrogen) atoms. The van der Waals surface area contributed by atoms with Crippen LogP contribution in [0.15, 0.2) is 77.9 Å². The van der Waals surface area contributed by atoms with E-state index in [-0.39, 0.29) is 12.2 Å². The Morgan fingerprint density at radius 1 is 1.10 bits per heavy atom. The molecule has 2 aromatic rings. The van der Waals surface area contributed by atoms with Gasteiger partial charge in [-0.2, -0.15) is 0 Å². The molecular formula is C26H32O3. The predicted octanol–water partition coefficient (Wildman–Crippen LogP) is 5.63. The molecule has 1 aliphatic rings. The highest BCUT2D eigenvalue weighted by Gasteiger charge is 2.23. The van der Waals surface area contributed by atoms with Gasteiger partial charge in [-0.05, 0) is 61.4 Å². The smallest absolute Gasteiger partial charge is 0.119 e. The van der Waals surface area contributed by atoms with Crippen LogP contribution in [0.1, 0.15) is 43.7 Å². The van der Waals surface area contributed by atoms with Gasteiger partial charge in [-0.25, -0.2) is 0 Å². The van der Waals surface area contributed by atoms with Crippen molar-refractivity contribution in [1.29, 1.82) is 0 Å². The average molecular weight is 393 g/mol. The van der Waals surface area contributed by atoms with Gasteiger partial charge in [0.1, 0.15) is 5.75 Å². The molecular weight excluding hydrogens is 360 g/mol. The third kappa shape index (κ3) is 6.59. The van der Waals surface area contributed by atoms with Crippen molar-refractivity contribution < 1.29 is 14.6 Å². The van der Waals surface area contributed by atoms with E-state index in [1.54, 1.807) is 7.11 Å². The molecule has 0 fully saturated rings. The summed E-state index contributed by atoms with van der Waals surface area (Å²) in [6.45, 7) is 2.71. The summed E-state index contributed by atoms with van der Waals surface area (Å²) >= 11 is 0. The molecule has 0 spiro atoms. The van der Waals surface area contributed by atoms with E-state index in [2.05, 4.69) is 43.3 Å². The summed E-state index contributed by atoms with van der Waals surface area (Å²) in [5.41, 5.74) is 4.90. The fraction of sp³-hybridized carbons (Fsp3) is 0.385. The van der Waals surface area contributed by atoms with E-state index in [1.807, 2.05) is 30.3 Å². The minimum atomic E-state index is -0.317. The first-order valence-electron chi connectivity index (χ1n) is 10.5. The van der Waals surface area contributed by atoms with Crippen LogP contribution in [0.5, 0.6) is 5.75 Å². The largest absolute Gasteiger partial charge is 0.497 e. The van der Waals surface area contributed by atoms with Crippen LogP contribution in [-0.2, 0) is 17.8 Å². The molecule has 0 amide bonds. The first-order valence-corrected chi connectivity index (χ1v) is 10.5. The van der Waals surface area contributed by atoms with Crippen molar-refractivity contribution in [2.75, 3.05) is 7.11 Å². The lowest BCUT2D eigenvalue weighted by Gasteiger charge is -2.18. The zero-order valence-corrected chi connectivity index (χ0v) is 17.5. The molecule has 0 aromatic heterocycles. The Labute approximate surface area is 174 Å². The van der Waals surface area contributed by atoms with Gasteiger partial charge in [-0.15, -0.1) is 0 Å². The van der Waals surface area contributed by atoms with Crippen molar-refractivity contribution >= 4 is 0 Å². The van der Waals surface area contributed by atoms with Gasteiger partial charge in [-0.1, -0.05) is 60.2 Å². The highest BCUT2D eigenvalue weighted by Crippen LogP contribution is 2.30. The van der Waals surface area contributed by atoms with Gasteiger partial charge in [-0.3, -0.25) is 0 Å². The molecule has 1 N–H and O–H groups in total. The zero-order valence-electron chi connectivity index (χ0n) is 17.5. The summed E-state index contributed by atoms with van der Waals surface area (Å²) < 4.78 is 11.5. The first kappa shape index (κ1) is 21.4. The van der Waals surface area contributed by atoms with Gasteiger partial charge in [0.2, 0.25) is 0 Å². The Morgan fingerprint density at radius 2 is 1.90 bits per heavy atom. The summed E-state index contributed by atoms with van der Waals surface area (Å²) in [6, 6.07) is 18.5. The van der Waals surface area contributed by atoms with Crippen LogP contribution in [0, 0.1) is 0 Å². The van der Waals surface area contributed by atoms with E-state index in [0.717, 1.165) is 43.4 Å². The summed E-state index contributed by atoms with van der Waals surface area (Å²) in [4.78, 5) is 0. The monoisotopic (exact) mass is 392 g/mol. The third-order valence-electron chi connectivity index (χ3n) is 5.56. The van der Waals surface area contributed by atoms with Crippen LogP contribution in [0.3, 0.4) is 0 Å². The standard InChI is InChI=1S/C26H32O3/c1-20-15-16-26(27)25(20)18-24(29-19-22-10-4-3-5-11-22)13-7-6-9-21-12-8-14-23(17-21)28-2/h3-5,7-8,10-14,17,24,26-27H,6,9,15-16,18-19H2,1-2H3/t24-,26-/m1/s1. The molecule has 0 aliphatic heterocycles. The third-order valence-corrected chi connectivity index (χ3v) is 5.56. The number of aliphatic hydroxyl groups excluding tert-OH is 1. The number of hydrogen-bond donors (Lipinski definition) is 1. The summed E-state index contributed by atoms with van der Waals surface area (Å²) in [6.07, 6.45) is 8.51. The Balaban J connectivity index is 1.60. The SMILES string of the molecule is COc1cccc(CCC=C[C@H](CC2=C(C)CC[C@H]2O)OCc2ccccc2)c1. The minimum absolute atomic E-state index is 0.0294. The van der Waals surface area contributed by atoms with Gasteiger partial charge in [0.05, 0.1) is 25.9 Å². The average Bonchev–Trinajstić information content (AvgIpc) is 3.07. The number of methoxy groups -OCH3 is 1. The fourth-order valence-electron chi connectivity index (χ4n) is 3.79. The van der Waals surface area contributed by atoms with Crippen molar-refractivity contribution in [3.8, 4) is 5.75 Å². The molecule has 2 atom stereocenters. The number of rotatable bonds is 10. The number of hydrogen-bond acceptors (Lipinski definition) is 3. The van der Waals surface area contributed by atoms with Gasteiger partial charge < -0.3 is 14.6 Å². The highest BCUT2D eigenvalue weighted by molar-refractivity contribution is 5.29. The van der Waals surface area contributed by atoms with Gasteiger partial charge in [0.25, 0.3) is 0 Å². The van der Waals surface area contributed by atoms with E-state index in [4.69, 9.17) is 9.47 Å². The zero-order chi connectivity index (χ0) is 20.5. The Hall–Kier alpha value is -2.36. The molecule has 0 saturated heterocycles. The second-order valence-electron chi connectivity index (χ2n) is 7.72. The van der Waals surface area contributed by atoms with Gasteiger partial charge in [0, 0.05) is 6.42 Å². The van der Waals surface area contributed by atoms with Crippen LogP contribution in [-0.4, -0.2) is 24.4 Å². The number of benzene rings is 2. The molecule has 0 saturated carbocycles. The number of aryl methyl sites for hydroxylation is 1. The molecule has 0 radical (unpaired) electrons. The topological polar surface area (TPSA) is 38.7 Å². The summed E-state index contributed by atoms with van der Waals surface area (Å²) in [7, 11) is 1.70. The number of allylic oxidation sites excluding steroid dienone is 2. The molecule has 3 rings (SSSR count). The van der Waals surface area contributed by atoms with Gasteiger partial charge >= 0.3 is 0 Å². The summed E-state index contributed by atoms with van der Waals surface area (Å²) in [5.74, 6) is 0.896. The number of ether oxygens (including phenoxy) is 2. The lowest BCUT2D eigenvalue weighted by atomic mass is 10.0. The molecule has 1 aliphatic carbocycles. The van der Waals surface area contributed by atoms with Crippen molar-refractivity contribution in [2.24, 2.45) is 0 Å². The molecule has 2 aromatic carbocycles. The predicted molar refractivity (Wildman–Crippen MR) is 118 cm³/mol. The second-order valence-corrected chi connectivity index (χ2v) is 7.72. The Kier molecular flexibility index (Phi) is 8.09. The van der Waals surface area contributed by atoms with Crippen LogP contribution in [0.4, 0.5) is 0 Å². The van der Waals surface area contributed by atoms with Gasteiger partial charge in [0.15, 0.2) is 0 Å². The van der Waals surface area contributed by atoms with Crippen molar-refractivity contribution in [2.45, 2.75) is 57.8 Å². The molecule has 154 valence electrons. The first-order chi connectivity index (χ1) is 14.2. The summed E-state index contributed by atoms with van der Waals surface area (Å²) in [5, 5.41) is 10.3. The van der Waals surface area contributed by atoms with E-state index in [1.165, 1.54) is 16.7 Å². The molecule has 0 bridgehead atoms. The Morgan fingerprint density at radius 3 is 2.62 bits per heavy atom. The maximum atomic E-state index is 10.3. The molecule has 0 heterocycles. The number of aliphatic hydroxyl groups is 1. The van der Waals surface area contributed by atoms with E-state index < -0.39 is 0 Å². The van der Waals surface area contributed by atoms with Crippen LogP contribution < -0.4 is 4.74 Å². The fourth-order valence-corrected chi connectivity index (χ4v) is 3.79. The van der Waals surface area contributed by atoms with Crippen molar-refractivity contribution in [3.63, 3.8) is 0 Å². The maximum absolute atomic E-state index is 10.3. The minimum Gasteiger partial charge on any atom is -0.497 e. The molecule has 0 unspecified atom stereocenters. The second kappa shape index (κ2) is 11.0. The quantitative estimate of drug-likeness (QED) is 0.533. The van der Waals surface area contributed by atoms with Crippen molar-refractivity contribution in [1.82, 2.24) is 0 Å². The normalized spacial score (nSPS) is 17.8. The molecule has 3 heteroatoms. The van der Waals surface area contributed by atoms with E-state index in [9.17, 15) is 5.11 Å².